The normalized spacial score (nSPS) is 13.4. The van der Waals surface area contributed by atoms with Gasteiger partial charge in [0.25, 0.3) is 0 Å². The van der Waals surface area contributed by atoms with E-state index in [9.17, 15) is 14.0 Å². The summed E-state index contributed by atoms with van der Waals surface area (Å²) < 4.78 is 12.9. The number of carboxylic acid groups (broad SMARTS) is 1. The molecule has 1 aliphatic heterocycles. The minimum atomic E-state index is -1.01. The molecule has 1 heterocycles. The summed E-state index contributed by atoms with van der Waals surface area (Å²) >= 11 is 0. The molecule has 0 unspecified atom stereocenters. The highest BCUT2D eigenvalue weighted by molar-refractivity contribution is 6.02. The first-order valence-corrected chi connectivity index (χ1v) is 6.45. The van der Waals surface area contributed by atoms with Crippen LogP contribution in [0.4, 0.5) is 10.1 Å². The smallest absolute Gasteiger partial charge is 0.335 e. The summed E-state index contributed by atoms with van der Waals surface area (Å²) in [4.78, 5) is 24.6. The molecule has 0 atom stereocenters. The summed E-state index contributed by atoms with van der Waals surface area (Å²) in [5.41, 5.74) is 2.42. The average molecular weight is 285 g/mol. The van der Waals surface area contributed by atoms with Crippen molar-refractivity contribution < 1.29 is 19.1 Å². The summed E-state index contributed by atoms with van der Waals surface area (Å²) in [6, 6.07) is 10.6. The fourth-order valence-corrected chi connectivity index (χ4v) is 2.46. The minimum Gasteiger partial charge on any atom is -0.478 e. The van der Waals surface area contributed by atoms with Crippen LogP contribution in [0.15, 0.2) is 42.5 Å². The number of carbonyl (C=O) groups is 2. The topological polar surface area (TPSA) is 57.6 Å². The van der Waals surface area contributed by atoms with Crippen LogP contribution in [-0.2, 0) is 17.8 Å². The van der Waals surface area contributed by atoms with Crippen LogP contribution in [0.3, 0.4) is 0 Å². The Kier molecular flexibility index (Phi) is 3.17. The van der Waals surface area contributed by atoms with Crippen molar-refractivity contribution in [2.75, 3.05) is 4.90 Å². The molecule has 106 valence electrons. The SMILES string of the molecule is O=C(O)c1ccc2c(c1)CC(=O)N2Cc1ccc(F)cc1. The van der Waals surface area contributed by atoms with Crippen molar-refractivity contribution in [1.82, 2.24) is 0 Å². The van der Waals surface area contributed by atoms with Gasteiger partial charge >= 0.3 is 5.97 Å². The van der Waals surface area contributed by atoms with Crippen LogP contribution in [0, 0.1) is 5.82 Å². The van der Waals surface area contributed by atoms with E-state index < -0.39 is 5.97 Å². The lowest BCUT2D eigenvalue weighted by molar-refractivity contribution is -0.117. The number of benzene rings is 2. The Morgan fingerprint density at radius 1 is 1.19 bits per heavy atom. The van der Waals surface area contributed by atoms with Crippen LogP contribution in [0.25, 0.3) is 0 Å². The maximum absolute atomic E-state index is 12.9. The zero-order chi connectivity index (χ0) is 15.0. The first-order valence-electron chi connectivity index (χ1n) is 6.45. The number of amides is 1. The standard InChI is InChI=1S/C16H12FNO3/c17-13-4-1-10(2-5-13)9-18-14-6-3-11(16(20)21)7-12(14)8-15(18)19/h1-7H,8-9H2,(H,20,21). The van der Waals surface area contributed by atoms with Gasteiger partial charge in [-0.1, -0.05) is 12.1 Å². The van der Waals surface area contributed by atoms with Crippen molar-refractivity contribution in [1.29, 1.82) is 0 Å². The lowest BCUT2D eigenvalue weighted by Crippen LogP contribution is -2.25. The molecule has 0 aliphatic carbocycles. The van der Waals surface area contributed by atoms with Crippen molar-refractivity contribution in [3.63, 3.8) is 0 Å². The number of fused-ring (bicyclic) bond motifs is 1. The van der Waals surface area contributed by atoms with E-state index in [1.807, 2.05) is 0 Å². The van der Waals surface area contributed by atoms with Gasteiger partial charge in [0, 0.05) is 5.69 Å². The first kappa shape index (κ1) is 13.3. The minimum absolute atomic E-state index is 0.0862. The molecule has 0 bridgehead atoms. The Morgan fingerprint density at radius 3 is 2.57 bits per heavy atom. The van der Waals surface area contributed by atoms with Crippen LogP contribution >= 0.6 is 0 Å². The predicted octanol–water partition coefficient (Wildman–Crippen LogP) is 2.61. The largest absolute Gasteiger partial charge is 0.478 e. The lowest BCUT2D eigenvalue weighted by Gasteiger charge is -2.17. The summed E-state index contributed by atoms with van der Waals surface area (Å²) in [6.07, 6.45) is 0.192. The van der Waals surface area contributed by atoms with E-state index in [0.29, 0.717) is 17.8 Å². The van der Waals surface area contributed by atoms with Gasteiger partial charge in [0.15, 0.2) is 0 Å². The molecule has 21 heavy (non-hydrogen) atoms. The Hall–Kier alpha value is -2.69. The van der Waals surface area contributed by atoms with E-state index in [1.165, 1.54) is 24.3 Å². The molecule has 0 saturated heterocycles. The van der Waals surface area contributed by atoms with Crippen molar-refractivity contribution >= 4 is 17.6 Å². The number of carboxylic acids is 1. The third-order valence-electron chi connectivity index (χ3n) is 3.51. The molecule has 4 nitrogen and oxygen atoms in total. The molecule has 0 aromatic heterocycles. The second-order valence-electron chi connectivity index (χ2n) is 4.93. The molecule has 0 spiro atoms. The second-order valence-corrected chi connectivity index (χ2v) is 4.93. The number of halogens is 1. The molecule has 2 aromatic carbocycles. The fourth-order valence-electron chi connectivity index (χ4n) is 2.46. The van der Waals surface area contributed by atoms with Crippen LogP contribution in [0.1, 0.15) is 21.5 Å². The Balaban J connectivity index is 1.90. The number of nitrogens with zero attached hydrogens (tertiary/aromatic N) is 1. The number of rotatable bonds is 3. The molecule has 1 amide bonds. The molecule has 2 aromatic rings. The quantitative estimate of drug-likeness (QED) is 0.943. The number of aromatic carboxylic acids is 1. The zero-order valence-corrected chi connectivity index (χ0v) is 11.0. The highest BCUT2D eigenvalue weighted by Gasteiger charge is 2.27. The van der Waals surface area contributed by atoms with Gasteiger partial charge in [-0.2, -0.15) is 0 Å². The zero-order valence-electron chi connectivity index (χ0n) is 11.0. The van der Waals surface area contributed by atoms with Crippen LogP contribution in [0.2, 0.25) is 0 Å². The number of hydrogen-bond acceptors (Lipinski definition) is 2. The Morgan fingerprint density at radius 2 is 1.90 bits per heavy atom. The average Bonchev–Trinajstić information content (AvgIpc) is 2.76. The molecular formula is C16H12FNO3. The van der Waals surface area contributed by atoms with Crippen molar-refractivity contribution in [2.45, 2.75) is 13.0 Å². The van der Waals surface area contributed by atoms with E-state index in [-0.39, 0.29) is 23.7 Å². The summed E-state index contributed by atoms with van der Waals surface area (Å²) in [6.45, 7) is 0.346. The summed E-state index contributed by atoms with van der Waals surface area (Å²) in [7, 11) is 0. The van der Waals surface area contributed by atoms with Gasteiger partial charge in [0.1, 0.15) is 5.82 Å². The van der Waals surface area contributed by atoms with Gasteiger partial charge in [-0.05, 0) is 41.5 Å². The third kappa shape index (κ3) is 2.50. The maximum atomic E-state index is 12.9. The van der Waals surface area contributed by atoms with Crippen molar-refractivity contribution in [3.05, 3.63) is 65.0 Å². The highest BCUT2D eigenvalue weighted by Crippen LogP contribution is 2.31. The lowest BCUT2D eigenvalue weighted by atomic mass is 10.1. The van der Waals surface area contributed by atoms with Gasteiger partial charge in [-0.3, -0.25) is 4.79 Å². The van der Waals surface area contributed by atoms with Gasteiger partial charge in [0.2, 0.25) is 5.91 Å². The van der Waals surface area contributed by atoms with Crippen LogP contribution in [0.5, 0.6) is 0 Å². The van der Waals surface area contributed by atoms with Crippen molar-refractivity contribution in [2.24, 2.45) is 0 Å². The van der Waals surface area contributed by atoms with E-state index in [1.54, 1.807) is 23.1 Å². The molecule has 3 rings (SSSR count). The predicted molar refractivity (Wildman–Crippen MR) is 74.7 cm³/mol. The molecule has 0 saturated carbocycles. The van der Waals surface area contributed by atoms with Crippen LogP contribution in [-0.4, -0.2) is 17.0 Å². The van der Waals surface area contributed by atoms with Gasteiger partial charge < -0.3 is 10.0 Å². The monoisotopic (exact) mass is 285 g/mol. The summed E-state index contributed by atoms with van der Waals surface area (Å²) in [5, 5.41) is 8.98. The van der Waals surface area contributed by atoms with E-state index in [4.69, 9.17) is 5.11 Å². The number of hydrogen-bond donors (Lipinski definition) is 1. The first-order chi connectivity index (χ1) is 10.0. The number of carbonyl (C=O) groups excluding carboxylic acids is 1. The molecule has 0 fully saturated rings. The maximum Gasteiger partial charge on any atom is 0.335 e. The molecule has 5 heteroatoms. The Labute approximate surface area is 120 Å². The second kappa shape index (κ2) is 5.01. The van der Waals surface area contributed by atoms with E-state index in [2.05, 4.69) is 0 Å². The molecular weight excluding hydrogens is 273 g/mol. The van der Waals surface area contributed by atoms with Crippen LogP contribution < -0.4 is 4.90 Å². The van der Waals surface area contributed by atoms with Gasteiger partial charge in [-0.25, -0.2) is 9.18 Å². The third-order valence-corrected chi connectivity index (χ3v) is 3.51. The number of anilines is 1. The fraction of sp³-hybridized carbons (Fsp3) is 0.125. The molecule has 1 aliphatic rings. The van der Waals surface area contributed by atoms with Crippen molar-refractivity contribution in [3.8, 4) is 0 Å². The van der Waals surface area contributed by atoms with Gasteiger partial charge in [0.05, 0.1) is 18.5 Å². The molecule has 1 N–H and O–H groups in total. The van der Waals surface area contributed by atoms with E-state index >= 15 is 0 Å². The van der Waals surface area contributed by atoms with Gasteiger partial charge in [-0.15, -0.1) is 0 Å². The highest BCUT2D eigenvalue weighted by atomic mass is 19.1. The van der Waals surface area contributed by atoms with E-state index in [0.717, 1.165) is 5.56 Å². The Bertz CT molecular complexity index is 725. The summed E-state index contributed by atoms with van der Waals surface area (Å²) in [5.74, 6) is -1.42. The molecule has 0 radical (unpaired) electrons.